The molecule has 20 heavy (non-hydrogen) atoms. The molecule has 0 bridgehead atoms. The summed E-state index contributed by atoms with van der Waals surface area (Å²) in [5.41, 5.74) is 6.00. The lowest BCUT2D eigenvalue weighted by Crippen LogP contribution is -2.32. The van der Waals surface area contributed by atoms with Crippen LogP contribution in [0.5, 0.6) is 0 Å². The first kappa shape index (κ1) is 16.6. The van der Waals surface area contributed by atoms with Gasteiger partial charge >= 0.3 is 0 Å². The fourth-order valence-corrected chi connectivity index (χ4v) is 2.07. The number of carbonyl (C=O) groups excluding carboxylic acids is 1. The largest absolute Gasteiger partial charge is 0.366 e. The van der Waals surface area contributed by atoms with Gasteiger partial charge in [-0.1, -0.05) is 13.8 Å². The number of nitrogens with two attached hydrogens (primary N) is 1. The summed E-state index contributed by atoms with van der Waals surface area (Å²) in [6, 6.07) is 4.20. The monoisotopic (exact) mass is 281 g/mol. The summed E-state index contributed by atoms with van der Waals surface area (Å²) in [6.07, 6.45) is 1.13. The van der Waals surface area contributed by atoms with E-state index < -0.39 is 5.91 Å². The van der Waals surface area contributed by atoms with Crippen LogP contribution in [-0.2, 0) is 6.54 Å². The molecular weight excluding hydrogens is 257 g/mol. The van der Waals surface area contributed by atoms with Gasteiger partial charge in [-0.25, -0.2) is 4.39 Å². The number of amides is 1. The van der Waals surface area contributed by atoms with Gasteiger partial charge in [0.15, 0.2) is 0 Å². The summed E-state index contributed by atoms with van der Waals surface area (Å²) in [4.78, 5) is 13.4. The van der Waals surface area contributed by atoms with Crippen molar-refractivity contribution < 1.29 is 9.18 Å². The van der Waals surface area contributed by atoms with Crippen molar-refractivity contribution >= 4 is 5.91 Å². The van der Waals surface area contributed by atoms with Crippen LogP contribution in [-0.4, -0.2) is 37.0 Å². The lowest BCUT2D eigenvalue weighted by Gasteiger charge is -2.19. The third-order valence-corrected chi connectivity index (χ3v) is 3.24. The van der Waals surface area contributed by atoms with E-state index in [1.165, 1.54) is 18.2 Å². The molecular formula is C15H24FN3O. The third-order valence-electron chi connectivity index (χ3n) is 3.24. The predicted molar refractivity (Wildman–Crippen MR) is 79.0 cm³/mol. The Labute approximate surface area is 120 Å². The second-order valence-electron chi connectivity index (χ2n) is 4.78. The number of halogens is 1. The Morgan fingerprint density at radius 1 is 1.35 bits per heavy atom. The molecule has 0 aliphatic heterocycles. The van der Waals surface area contributed by atoms with Gasteiger partial charge in [-0.3, -0.25) is 4.79 Å². The first-order valence-electron chi connectivity index (χ1n) is 7.09. The fourth-order valence-electron chi connectivity index (χ4n) is 2.07. The minimum atomic E-state index is -0.536. The smallest absolute Gasteiger partial charge is 0.248 e. The highest BCUT2D eigenvalue weighted by Crippen LogP contribution is 2.10. The summed E-state index contributed by atoms with van der Waals surface area (Å²) < 4.78 is 13.6. The minimum absolute atomic E-state index is 0.316. The molecule has 0 saturated heterocycles. The Hall–Kier alpha value is -1.46. The summed E-state index contributed by atoms with van der Waals surface area (Å²) >= 11 is 0. The second kappa shape index (κ2) is 8.66. The average molecular weight is 281 g/mol. The maximum atomic E-state index is 13.6. The van der Waals surface area contributed by atoms with E-state index in [0.29, 0.717) is 17.7 Å². The average Bonchev–Trinajstić information content (AvgIpc) is 2.43. The number of carbonyl (C=O) groups is 1. The molecule has 5 heteroatoms. The summed E-state index contributed by atoms with van der Waals surface area (Å²) in [7, 11) is 0. The van der Waals surface area contributed by atoms with Gasteiger partial charge in [0.25, 0.3) is 0 Å². The quantitative estimate of drug-likeness (QED) is 0.678. The van der Waals surface area contributed by atoms with Gasteiger partial charge in [0.1, 0.15) is 5.82 Å². The Balaban J connectivity index is 2.45. The van der Waals surface area contributed by atoms with Crippen LogP contribution in [0.4, 0.5) is 4.39 Å². The number of nitrogens with zero attached hydrogens (tertiary/aromatic N) is 1. The molecule has 0 atom stereocenters. The maximum absolute atomic E-state index is 13.6. The number of hydrogen-bond acceptors (Lipinski definition) is 3. The first-order chi connectivity index (χ1) is 9.58. The van der Waals surface area contributed by atoms with E-state index in [1.807, 2.05) is 0 Å². The number of benzene rings is 1. The zero-order valence-corrected chi connectivity index (χ0v) is 12.3. The predicted octanol–water partition coefficient (Wildman–Crippen LogP) is 1.75. The standard InChI is InChI=1S/C15H24FN3O/c1-3-8-19(4-2)9-7-18-11-13-10-12(15(17)20)5-6-14(13)16/h5-6,10,18H,3-4,7-9,11H2,1-2H3,(H2,17,20). The van der Waals surface area contributed by atoms with Gasteiger partial charge in [0.05, 0.1) is 0 Å². The Morgan fingerprint density at radius 3 is 2.70 bits per heavy atom. The van der Waals surface area contributed by atoms with Crippen molar-refractivity contribution in [1.29, 1.82) is 0 Å². The van der Waals surface area contributed by atoms with Crippen LogP contribution in [0.2, 0.25) is 0 Å². The second-order valence-corrected chi connectivity index (χ2v) is 4.78. The maximum Gasteiger partial charge on any atom is 0.248 e. The molecule has 4 nitrogen and oxygen atoms in total. The Bertz CT molecular complexity index is 437. The molecule has 0 aromatic heterocycles. The lowest BCUT2D eigenvalue weighted by molar-refractivity contribution is 0.1000. The molecule has 1 amide bonds. The normalized spacial score (nSPS) is 11.0. The summed E-state index contributed by atoms with van der Waals surface area (Å²) in [5, 5.41) is 3.20. The van der Waals surface area contributed by atoms with E-state index in [2.05, 4.69) is 24.1 Å². The molecule has 1 aromatic carbocycles. The van der Waals surface area contributed by atoms with Crippen LogP contribution in [0, 0.1) is 5.82 Å². The van der Waals surface area contributed by atoms with Crippen molar-refractivity contribution in [1.82, 2.24) is 10.2 Å². The van der Waals surface area contributed by atoms with Crippen molar-refractivity contribution in [3.8, 4) is 0 Å². The third kappa shape index (κ3) is 5.27. The topological polar surface area (TPSA) is 58.4 Å². The molecule has 1 rings (SSSR count). The highest BCUT2D eigenvalue weighted by Gasteiger charge is 2.07. The molecule has 0 aliphatic rings. The lowest BCUT2D eigenvalue weighted by atomic mass is 10.1. The molecule has 3 N–H and O–H groups in total. The first-order valence-corrected chi connectivity index (χ1v) is 7.09. The zero-order chi connectivity index (χ0) is 15.0. The SMILES string of the molecule is CCCN(CC)CCNCc1cc(C(N)=O)ccc1F. The highest BCUT2D eigenvalue weighted by molar-refractivity contribution is 5.92. The number of likely N-dealkylation sites (N-methyl/N-ethyl adjacent to an activating group) is 1. The minimum Gasteiger partial charge on any atom is -0.366 e. The van der Waals surface area contributed by atoms with Crippen molar-refractivity contribution in [3.63, 3.8) is 0 Å². The van der Waals surface area contributed by atoms with Crippen LogP contribution in [0.1, 0.15) is 36.2 Å². The van der Waals surface area contributed by atoms with Crippen LogP contribution >= 0.6 is 0 Å². The molecule has 0 spiro atoms. The van der Waals surface area contributed by atoms with Gasteiger partial charge in [-0.15, -0.1) is 0 Å². The number of hydrogen-bond donors (Lipinski definition) is 2. The van der Waals surface area contributed by atoms with Crippen LogP contribution < -0.4 is 11.1 Å². The molecule has 1 aromatic rings. The highest BCUT2D eigenvalue weighted by atomic mass is 19.1. The van der Waals surface area contributed by atoms with Crippen molar-refractivity contribution in [3.05, 3.63) is 35.1 Å². The molecule has 0 saturated carbocycles. The molecule has 0 radical (unpaired) electrons. The van der Waals surface area contributed by atoms with E-state index in [9.17, 15) is 9.18 Å². The van der Waals surface area contributed by atoms with E-state index in [1.54, 1.807) is 0 Å². The molecule has 0 heterocycles. The van der Waals surface area contributed by atoms with Crippen LogP contribution in [0.25, 0.3) is 0 Å². The summed E-state index contributed by atoms with van der Waals surface area (Å²) in [5.74, 6) is -0.852. The van der Waals surface area contributed by atoms with Crippen LogP contribution in [0.15, 0.2) is 18.2 Å². The van der Waals surface area contributed by atoms with Gasteiger partial charge in [-0.2, -0.15) is 0 Å². The number of nitrogens with one attached hydrogen (secondary N) is 1. The van der Waals surface area contributed by atoms with Crippen molar-refractivity contribution in [2.45, 2.75) is 26.8 Å². The van der Waals surface area contributed by atoms with E-state index >= 15 is 0 Å². The molecule has 112 valence electrons. The van der Waals surface area contributed by atoms with Crippen molar-refractivity contribution in [2.75, 3.05) is 26.2 Å². The summed E-state index contributed by atoms with van der Waals surface area (Å²) in [6.45, 7) is 8.49. The Kier molecular flexibility index (Phi) is 7.18. The molecule has 0 aliphatic carbocycles. The molecule has 0 fully saturated rings. The molecule has 0 unspecified atom stereocenters. The van der Waals surface area contributed by atoms with E-state index in [0.717, 1.165) is 32.6 Å². The van der Waals surface area contributed by atoms with Crippen molar-refractivity contribution in [2.24, 2.45) is 5.73 Å². The fraction of sp³-hybridized carbons (Fsp3) is 0.533. The van der Waals surface area contributed by atoms with Gasteiger partial charge < -0.3 is 16.0 Å². The number of primary amides is 1. The van der Waals surface area contributed by atoms with Gasteiger partial charge in [0.2, 0.25) is 5.91 Å². The van der Waals surface area contributed by atoms with E-state index in [4.69, 9.17) is 5.73 Å². The van der Waals surface area contributed by atoms with Gasteiger partial charge in [-0.05, 0) is 37.7 Å². The van der Waals surface area contributed by atoms with Crippen LogP contribution in [0.3, 0.4) is 0 Å². The van der Waals surface area contributed by atoms with E-state index in [-0.39, 0.29) is 5.82 Å². The zero-order valence-electron chi connectivity index (χ0n) is 12.3. The Morgan fingerprint density at radius 2 is 2.10 bits per heavy atom. The number of rotatable bonds is 9. The van der Waals surface area contributed by atoms with Gasteiger partial charge in [0, 0.05) is 30.8 Å².